The second-order valence-electron chi connectivity index (χ2n) is 5.88. The van der Waals surface area contributed by atoms with Crippen LogP contribution in [0.15, 0.2) is 36.7 Å². The molecule has 0 bridgehead atoms. The first-order valence-corrected chi connectivity index (χ1v) is 6.79. The van der Waals surface area contributed by atoms with Crippen LogP contribution in [-0.4, -0.2) is 15.8 Å². The van der Waals surface area contributed by atoms with Gasteiger partial charge in [-0.15, -0.1) is 0 Å². The van der Waals surface area contributed by atoms with Gasteiger partial charge >= 0.3 is 6.03 Å². The summed E-state index contributed by atoms with van der Waals surface area (Å²) in [4.78, 5) is 10.7. The highest BCUT2D eigenvalue weighted by Gasteiger charge is 2.13. The summed E-state index contributed by atoms with van der Waals surface area (Å²) in [7, 11) is 0. The van der Waals surface area contributed by atoms with Gasteiger partial charge in [0, 0.05) is 29.7 Å². The number of benzene rings is 1. The Balaban J connectivity index is 1.94. The van der Waals surface area contributed by atoms with Crippen molar-refractivity contribution in [2.24, 2.45) is 5.73 Å². The standard InChI is InChI=1S/C15H21N5O/c1-15(2,3)20-10-11(9-18-20)8-17-12-4-6-13(7-5-12)19-14(16)21/h4-7,9-10,17H,8H2,1-3H3,(H3,16,19,21). The lowest BCUT2D eigenvalue weighted by Gasteiger charge is -2.18. The van der Waals surface area contributed by atoms with Gasteiger partial charge < -0.3 is 16.4 Å². The van der Waals surface area contributed by atoms with E-state index in [0.29, 0.717) is 12.2 Å². The fourth-order valence-electron chi connectivity index (χ4n) is 1.84. The number of nitrogens with zero attached hydrogens (tertiary/aromatic N) is 2. The average molecular weight is 287 g/mol. The number of amides is 2. The third-order valence-electron chi connectivity index (χ3n) is 2.97. The van der Waals surface area contributed by atoms with Crippen LogP contribution in [0.25, 0.3) is 0 Å². The molecule has 0 aliphatic rings. The van der Waals surface area contributed by atoms with Gasteiger partial charge in [-0.2, -0.15) is 5.10 Å². The van der Waals surface area contributed by atoms with E-state index < -0.39 is 6.03 Å². The molecule has 0 radical (unpaired) electrons. The van der Waals surface area contributed by atoms with Crippen LogP contribution in [0, 0.1) is 0 Å². The van der Waals surface area contributed by atoms with Crippen molar-refractivity contribution in [2.45, 2.75) is 32.9 Å². The van der Waals surface area contributed by atoms with Crippen LogP contribution in [0.2, 0.25) is 0 Å². The number of nitrogens with two attached hydrogens (primary N) is 1. The molecule has 0 saturated carbocycles. The van der Waals surface area contributed by atoms with Crippen molar-refractivity contribution in [3.8, 4) is 0 Å². The molecule has 112 valence electrons. The molecule has 4 N–H and O–H groups in total. The Kier molecular flexibility index (Phi) is 4.16. The number of primary amides is 1. The number of urea groups is 1. The minimum Gasteiger partial charge on any atom is -0.381 e. The predicted octanol–water partition coefficient (Wildman–Crippen LogP) is 2.74. The van der Waals surface area contributed by atoms with Crippen LogP contribution in [-0.2, 0) is 12.1 Å². The first-order valence-electron chi connectivity index (χ1n) is 6.79. The molecule has 1 aromatic carbocycles. The summed E-state index contributed by atoms with van der Waals surface area (Å²) in [6.45, 7) is 7.03. The Labute approximate surface area is 124 Å². The molecule has 0 atom stereocenters. The highest BCUT2D eigenvalue weighted by Crippen LogP contribution is 2.16. The monoisotopic (exact) mass is 287 g/mol. The Morgan fingerprint density at radius 2 is 1.86 bits per heavy atom. The summed E-state index contributed by atoms with van der Waals surface area (Å²) in [5.74, 6) is 0. The molecule has 1 heterocycles. The molecular formula is C15H21N5O. The maximum Gasteiger partial charge on any atom is 0.316 e. The molecule has 6 nitrogen and oxygen atoms in total. The molecule has 0 aliphatic heterocycles. The van der Waals surface area contributed by atoms with Gasteiger partial charge in [0.25, 0.3) is 0 Å². The Bertz CT molecular complexity index is 610. The van der Waals surface area contributed by atoms with Gasteiger partial charge in [-0.3, -0.25) is 4.68 Å². The minimum atomic E-state index is -0.565. The molecule has 2 rings (SSSR count). The molecule has 0 aliphatic carbocycles. The third-order valence-corrected chi connectivity index (χ3v) is 2.97. The first-order chi connectivity index (χ1) is 9.84. The lowest BCUT2D eigenvalue weighted by molar-refractivity contribution is 0.259. The van der Waals surface area contributed by atoms with E-state index in [1.54, 1.807) is 12.1 Å². The average Bonchev–Trinajstić information content (AvgIpc) is 2.86. The fraction of sp³-hybridized carbons (Fsp3) is 0.333. The van der Waals surface area contributed by atoms with E-state index in [4.69, 9.17) is 5.73 Å². The molecule has 21 heavy (non-hydrogen) atoms. The summed E-state index contributed by atoms with van der Waals surface area (Å²) in [5.41, 5.74) is 7.80. The second kappa shape index (κ2) is 5.87. The second-order valence-corrected chi connectivity index (χ2v) is 5.88. The summed E-state index contributed by atoms with van der Waals surface area (Å²) in [5, 5.41) is 10.2. The highest BCUT2D eigenvalue weighted by atomic mass is 16.2. The lowest BCUT2D eigenvalue weighted by atomic mass is 10.1. The van der Waals surface area contributed by atoms with Crippen LogP contribution in [0.4, 0.5) is 16.2 Å². The Morgan fingerprint density at radius 3 is 2.38 bits per heavy atom. The van der Waals surface area contributed by atoms with Gasteiger partial charge in [0.15, 0.2) is 0 Å². The van der Waals surface area contributed by atoms with Crippen LogP contribution < -0.4 is 16.4 Å². The molecule has 0 fully saturated rings. The number of aromatic nitrogens is 2. The minimum absolute atomic E-state index is 0.0136. The van der Waals surface area contributed by atoms with Crippen molar-refractivity contribution in [1.82, 2.24) is 9.78 Å². The van der Waals surface area contributed by atoms with Gasteiger partial charge in [0.05, 0.1) is 11.7 Å². The molecule has 0 saturated heterocycles. The quantitative estimate of drug-likeness (QED) is 0.808. The maximum absolute atomic E-state index is 10.7. The summed E-state index contributed by atoms with van der Waals surface area (Å²) < 4.78 is 1.95. The normalized spacial score (nSPS) is 11.2. The van der Waals surface area contributed by atoms with Crippen molar-refractivity contribution in [2.75, 3.05) is 10.6 Å². The Hall–Kier alpha value is -2.50. The molecule has 0 unspecified atom stereocenters. The molecular weight excluding hydrogens is 266 g/mol. The van der Waals surface area contributed by atoms with Gasteiger partial charge in [-0.1, -0.05) is 0 Å². The summed E-state index contributed by atoms with van der Waals surface area (Å²) in [6, 6.07) is 6.81. The number of nitrogens with one attached hydrogen (secondary N) is 2. The van der Waals surface area contributed by atoms with E-state index in [-0.39, 0.29) is 5.54 Å². The lowest BCUT2D eigenvalue weighted by Crippen LogP contribution is -2.21. The molecule has 2 aromatic rings. The van der Waals surface area contributed by atoms with Crippen molar-refractivity contribution in [1.29, 1.82) is 0 Å². The highest BCUT2D eigenvalue weighted by molar-refractivity contribution is 5.87. The SMILES string of the molecule is CC(C)(C)n1cc(CNc2ccc(NC(N)=O)cc2)cn1. The summed E-state index contributed by atoms with van der Waals surface area (Å²) in [6.07, 6.45) is 3.90. The maximum atomic E-state index is 10.7. The predicted molar refractivity (Wildman–Crippen MR) is 84.2 cm³/mol. The number of rotatable bonds is 4. The fourth-order valence-corrected chi connectivity index (χ4v) is 1.84. The number of hydrogen-bond donors (Lipinski definition) is 3. The van der Waals surface area contributed by atoms with E-state index >= 15 is 0 Å². The summed E-state index contributed by atoms with van der Waals surface area (Å²) >= 11 is 0. The zero-order valence-corrected chi connectivity index (χ0v) is 12.6. The van der Waals surface area contributed by atoms with Crippen LogP contribution in [0.5, 0.6) is 0 Å². The van der Waals surface area contributed by atoms with Gasteiger partial charge in [0.1, 0.15) is 0 Å². The van der Waals surface area contributed by atoms with E-state index in [0.717, 1.165) is 11.3 Å². The smallest absolute Gasteiger partial charge is 0.316 e. The molecule has 6 heteroatoms. The zero-order valence-electron chi connectivity index (χ0n) is 12.6. The molecule has 0 spiro atoms. The largest absolute Gasteiger partial charge is 0.381 e. The number of anilines is 2. The van der Waals surface area contributed by atoms with E-state index in [1.165, 1.54) is 0 Å². The zero-order chi connectivity index (χ0) is 15.5. The van der Waals surface area contributed by atoms with Gasteiger partial charge in [-0.05, 0) is 45.0 Å². The van der Waals surface area contributed by atoms with Crippen molar-refractivity contribution < 1.29 is 4.79 Å². The van der Waals surface area contributed by atoms with Gasteiger partial charge in [0.2, 0.25) is 0 Å². The third kappa shape index (κ3) is 4.24. The van der Waals surface area contributed by atoms with Crippen LogP contribution in [0.3, 0.4) is 0 Å². The van der Waals surface area contributed by atoms with Crippen LogP contribution in [0.1, 0.15) is 26.3 Å². The van der Waals surface area contributed by atoms with E-state index in [1.807, 2.05) is 29.2 Å². The Morgan fingerprint density at radius 1 is 1.24 bits per heavy atom. The van der Waals surface area contributed by atoms with E-state index in [2.05, 4.69) is 36.5 Å². The number of carbonyl (C=O) groups is 1. The van der Waals surface area contributed by atoms with Crippen molar-refractivity contribution in [3.05, 3.63) is 42.2 Å². The molecule has 2 amide bonds. The topological polar surface area (TPSA) is 85.0 Å². The molecule has 1 aromatic heterocycles. The van der Waals surface area contributed by atoms with Crippen molar-refractivity contribution in [3.63, 3.8) is 0 Å². The van der Waals surface area contributed by atoms with Crippen LogP contribution >= 0.6 is 0 Å². The van der Waals surface area contributed by atoms with Crippen molar-refractivity contribution >= 4 is 17.4 Å². The number of hydrogen-bond acceptors (Lipinski definition) is 3. The number of carbonyl (C=O) groups excluding carboxylic acids is 1. The van der Waals surface area contributed by atoms with E-state index in [9.17, 15) is 4.79 Å². The van der Waals surface area contributed by atoms with Gasteiger partial charge in [-0.25, -0.2) is 4.79 Å². The first kappa shape index (κ1) is 14.9.